The molecule has 8 heteroatoms. The summed E-state index contributed by atoms with van der Waals surface area (Å²) in [6.45, 7) is 3.96. The number of methoxy groups -OCH3 is 2. The van der Waals surface area contributed by atoms with Crippen LogP contribution in [0, 0.1) is 5.41 Å². The van der Waals surface area contributed by atoms with Gasteiger partial charge in [0.15, 0.2) is 0 Å². The van der Waals surface area contributed by atoms with Crippen LogP contribution in [0.1, 0.15) is 19.6 Å². The molecule has 0 bridgehead atoms. The molecule has 0 amide bonds. The van der Waals surface area contributed by atoms with Crippen molar-refractivity contribution >= 4 is 17.2 Å². The van der Waals surface area contributed by atoms with Crippen molar-refractivity contribution in [3.8, 4) is 5.75 Å². The summed E-state index contributed by atoms with van der Waals surface area (Å²) >= 11 is 0. The molecule has 1 aliphatic rings. The van der Waals surface area contributed by atoms with Crippen molar-refractivity contribution in [3.05, 3.63) is 41.9 Å². The van der Waals surface area contributed by atoms with E-state index in [-0.39, 0.29) is 19.3 Å². The molecule has 0 spiro atoms. The van der Waals surface area contributed by atoms with Gasteiger partial charge in [-0.05, 0) is 25.1 Å². The average Bonchev–Trinajstić information content (AvgIpc) is 2.62. The molecular formula is C19H27N5O3. The van der Waals surface area contributed by atoms with Crippen LogP contribution in [0.4, 0.5) is 11.5 Å². The lowest BCUT2D eigenvalue weighted by Crippen LogP contribution is -2.52. The number of nitrogens with two attached hydrogens (primary N) is 1. The molecule has 1 saturated heterocycles. The van der Waals surface area contributed by atoms with E-state index in [2.05, 4.69) is 14.9 Å². The standard InChI is InChI=1S/C19H25N5O3.H2/c1-12(10-25-2)27-13-4-5-16(20)15(6-13)19(21)17-7-18(23-11-22-17)24-8-14(9-24)26-3;/h4-7,11-12,14,21H,8-10,20H2,1-3H3;1H/t12-;/m0./s1. The number of ether oxygens (including phenoxy) is 3. The van der Waals surface area contributed by atoms with Gasteiger partial charge in [0, 0.05) is 46.1 Å². The van der Waals surface area contributed by atoms with E-state index >= 15 is 0 Å². The fourth-order valence-corrected chi connectivity index (χ4v) is 2.90. The highest BCUT2D eigenvalue weighted by Crippen LogP contribution is 2.25. The van der Waals surface area contributed by atoms with Gasteiger partial charge in [-0.15, -0.1) is 0 Å². The Morgan fingerprint density at radius 1 is 1.33 bits per heavy atom. The van der Waals surface area contributed by atoms with E-state index in [1.807, 2.05) is 6.92 Å². The first-order chi connectivity index (χ1) is 13.0. The minimum Gasteiger partial charge on any atom is -0.488 e. The molecule has 146 valence electrons. The van der Waals surface area contributed by atoms with Gasteiger partial charge in [-0.3, -0.25) is 5.41 Å². The molecule has 1 fully saturated rings. The first-order valence-electron chi connectivity index (χ1n) is 8.76. The molecule has 0 unspecified atom stereocenters. The van der Waals surface area contributed by atoms with Crippen molar-refractivity contribution in [1.29, 1.82) is 5.41 Å². The predicted molar refractivity (Wildman–Crippen MR) is 106 cm³/mol. The number of anilines is 2. The quantitative estimate of drug-likeness (QED) is 0.538. The smallest absolute Gasteiger partial charge is 0.132 e. The van der Waals surface area contributed by atoms with Gasteiger partial charge in [-0.25, -0.2) is 9.97 Å². The van der Waals surface area contributed by atoms with E-state index in [4.69, 9.17) is 25.4 Å². The van der Waals surface area contributed by atoms with E-state index in [0.717, 1.165) is 18.9 Å². The number of nitrogens with one attached hydrogen (secondary N) is 1. The van der Waals surface area contributed by atoms with E-state index < -0.39 is 0 Å². The number of rotatable bonds is 8. The molecule has 3 rings (SSSR count). The van der Waals surface area contributed by atoms with E-state index in [0.29, 0.717) is 29.3 Å². The van der Waals surface area contributed by atoms with Crippen LogP contribution in [0.3, 0.4) is 0 Å². The normalized spacial score (nSPS) is 15.3. The van der Waals surface area contributed by atoms with Crippen molar-refractivity contribution in [2.45, 2.75) is 19.1 Å². The molecule has 2 heterocycles. The summed E-state index contributed by atoms with van der Waals surface area (Å²) in [5, 5.41) is 8.57. The molecule has 3 N–H and O–H groups in total. The summed E-state index contributed by atoms with van der Waals surface area (Å²) in [6, 6.07) is 7.08. The van der Waals surface area contributed by atoms with Gasteiger partial charge in [0.1, 0.15) is 24.0 Å². The van der Waals surface area contributed by atoms with Crippen LogP contribution in [0.25, 0.3) is 0 Å². The highest BCUT2D eigenvalue weighted by molar-refractivity contribution is 6.13. The van der Waals surface area contributed by atoms with Crippen LogP contribution in [0.5, 0.6) is 5.75 Å². The number of nitrogen functional groups attached to an aromatic ring is 1. The van der Waals surface area contributed by atoms with Crippen molar-refractivity contribution in [2.24, 2.45) is 0 Å². The summed E-state index contributed by atoms with van der Waals surface area (Å²) in [4.78, 5) is 10.6. The van der Waals surface area contributed by atoms with Crippen LogP contribution >= 0.6 is 0 Å². The number of nitrogens with zero attached hydrogens (tertiary/aromatic N) is 3. The van der Waals surface area contributed by atoms with E-state index in [1.54, 1.807) is 38.5 Å². The minimum absolute atomic E-state index is 0. The van der Waals surface area contributed by atoms with Gasteiger partial charge < -0.3 is 24.8 Å². The summed E-state index contributed by atoms with van der Waals surface area (Å²) < 4.78 is 16.2. The van der Waals surface area contributed by atoms with E-state index in [1.165, 1.54) is 6.33 Å². The fourth-order valence-electron chi connectivity index (χ4n) is 2.90. The van der Waals surface area contributed by atoms with Gasteiger partial charge in [-0.2, -0.15) is 0 Å². The fraction of sp³-hybridized carbons (Fsp3) is 0.421. The molecule has 0 aliphatic carbocycles. The lowest BCUT2D eigenvalue weighted by Gasteiger charge is -2.38. The maximum Gasteiger partial charge on any atom is 0.132 e. The van der Waals surface area contributed by atoms with Gasteiger partial charge in [0.25, 0.3) is 0 Å². The third-order valence-electron chi connectivity index (χ3n) is 4.45. The van der Waals surface area contributed by atoms with Crippen molar-refractivity contribution < 1.29 is 15.6 Å². The molecule has 1 aromatic carbocycles. The van der Waals surface area contributed by atoms with Crippen LogP contribution < -0.4 is 15.4 Å². The monoisotopic (exact) mass is 373 g/mol. The maximum absolute atomic E-state index is 8.57. The molecular weight excluding hydrogens is 346 g/mol. The third kappa shape index (κ3) is 4.35. The average molecular weight is 373 g/mol. The SMILES string of the molecule is COC[C@H](C)Oc1ccc(N)c(C(=N)c2cc(N3CC(OC)C3)ncn2)c1.[HH]. The second kappa shape index (κ2) is 8.32. The Bertz CT molecular complexity index is 814. The Labute approximate surface area is 160 Å². The third-order valence-corrected chi connectivity index (χ3v) is 4.45. The molecule has 0 radical (unpaired) electrons. The first-order valence-corrected chi connectivity index (χ1v) is 8.76. The predicted octanol–water partition coefficient (Wildman–Crippen LogP) is 1.97. The molecule has 2 aromatic rings. The zero-order valence-electron chi connectivity index (χ0n) is 15.8. The molecule has 0 saturated carbocycles. The topological polar surface area (TPSA) is 107 Å². The summed E-state index contributed by atoms with van der Waals surface area (Å²) in [5.74, 6) is 1.41. The Kier molecular flexibility index (Phi) is 5.88. The van der Waals surface area contributed by atoms with Gasteiger partial charge in [-0.1, -0.05) is 0 Å². The van der Waals surface area contributed by atoms with Crippen LogP contribution in [-0.4, -0.2) is 61.8 Å². The minimum atomic E-state index is -0.105. The molecule has 27 heavy (non-hydrogen) atoms. The number of hydrogen-bond donors (Lipinski definition) is 2. The number of benzene rings is 1. The first kappa shape index (κ1) is 19.1. The lowest BCUT2D eigenvalue weighted by molar-refractivity contribution is 0.0783. The largest absolute Gasteiger partial charge is 0.488 e. The lowest BCUT2D eigenvalue weighted by atomic mass is 10.0. The summed E-state index contributed by atoms with van der Waals surface area (Å²) in [6.07, 6.45) is 1.59. The number of aromatic nitrogens is 2. The van der Waals surface area contributed by atoms with Crippen LogP contribution in [0.2, 0.25) is 0 Å². The molecule has 1 aliphatic heterocycles. The molecule has 1 aromatic heterocycles. The van der Waals surface area contributed by atoms with Gasteiger partial charge in [0.05, 0.1) is 24.1 Å². The Morgan fingerprint density at radius 3 is 2.81 bits per heavy atom. The van der Waals surface area contributed by atoms with Crippen LogP contribution in [-0.2, 0) is 9.47 Å². The van der Waals surface area contributed by atoms with Crippen LogP contribution in [0.15, 0.2) is 30.6 Å². The zero-order valence-corrected chi connectivity index (χ0v) is 15.8. The Balaban J connectivity index is 0.00000280. The second-order valence-corrected chi connectivity index (χ2v) is 6.53. The van der Waals surface area contributed by atoms with E-state index in [9.17, 15) is 0 Å². The zero-order chi connectivity index (χ0) is 19.4. The highest BCUT2D eigenvalue weighted by Gasteiger charge is 2.28. The molecule has 8 nitrogen and oxygen atoms in total. The van der Waals surface area contributed by atoms with Gasteiger partial charge >= 0.3 is 0 Å². The highest BCUT2D eigenvalue weighted by atomic mass is 16.5. The number of hydrogen-bond acceptors (Lipinski definition) is 8. The Hall–Kier alpha value is -2.71. The maximum atomic E-state index is 8.57. The summed E-state index contributed by atoms with van der Waals surface area (Å²) in [5.41, 5.74) is 7.90. The molecule has 1 atom stereocenters. The summed E-state index contributed by atoms with van der Waals surface area (Å²) in [7, 11) is 3.33. The second-order valence-electron chi connectivity index (χ2n) is 6.53. The van der Waals surface area contributed by atoms with Crippen molar-refractivity contribution in [3.63, 3.8) is 0 Å². The van der Waals surface area contributed by atoms with Crippen molar-refractivity contribution in [2.75, 3.05) is 44.5 Å². The van der Waals surface area contributed by atoms with Gasteiger partial charge in [0.2, 0.25) is 0 Å². The Morgan fingerprint density at radius 2 is 2.11 bits per heavy atom. The van der Waals surface area contributed by atoms with Crippen molar-refractivity contribution in [1.82, 2.24) is 9.97 Å².